The molecule has 5 nitrogen and oxygen atoms in total. The van der Waals surface area contributed by atoms with Crippen molar-refractivity contribution in [1.29, 1.82) is 0 Å². The highest BCUT2D eigenvalue weighted by Crippen LogP contribution is 2.07. The Labute approximate surface area is 117 Å². The minimum absolute atomic E-state index is 0.449. The molecule has 0 unspecified atom stereocenters. The summed E-state index contributed by atoms with van der Waals surface area (Å²) in [5, 5.41) is 3.36. The molecule has 0 amide bonds. The Morgan fingerprint density at radius 1 is 0.947 bits per heavy atom. The summed E-state index contributed by atoms with van der Waals surface area (Å²) >= 11 is 0. The third-order valence-corrected chi connectivity index (χ3v) is 3.48. The smallest absolute Gasteiger partial charge is 0.0600 e. The molecule has 5 heteroatoms. The zero-order chi connectivity index (χ0) is 13.8. The first-order valence-corrected chi connectivity index (χ1v) is 7.39. The van der Waals surface area contributed by atoms with Crippen LogP contribution in [0.25, 0.3) is 0 Å². The van der Waals surface area contributed by atoms with Crippen molar-refractivity contribution in [2.45, 2.75) is 25.4 Å². The molecule has 0 saturated carbocycles. The zero-order valence-electron chi connectivity index (χ0n) is 12.5. The molecule has 1 saturated heterocycles. The van der Waals surface area contributed by atoms with E-state index < -0.39 is 0 Å². The summed E-state index contributed by atoms with van der Waals surface area (Å²) in [6.07, 6.45) is 3.79. The standard InChI is InChI=1S/C14H30N2O3/c1-17-11-3-8-16(9-12-18-2)10-13-19-14-4-6-15-7-5-14/h14-15H,3-13H2,1-2H3. The molecule has 0 atom stereocenters. The fourth-order valence-corrected chi connectivity index (χ4v) is 2.30. The van der Waals surface area contributed by atoms with E-state index in [2.05, 4.69) is 10.2 Å². The van der Waals surface area contributed by atoms with Crippen LogP contribution in [0.3, 0.4) is 0 Å². The summed E-state index contributed by atoms with van der Waals surface area (Å²) in [6, 6.07) is 0. The van der Waals surface area contributed by atoms with Gasteiger partial charge in [0.25, 0.3) is 0 Å². The van der Waals surface area contributed by atoms with Crippen molar-refractivity contribution in [2.24, 2.45) is 0 Å². The van der Waals surface area contributed by atoms with E-state index in [1.807, 2.05) is 0 Å². The SMILES string of the molecule is COCCCN(CCOC)CCOC1CCNCC1. The van der Waals surface area contributed by atoms with E-state index in [1.165, 1.54) is 0 Å². The van der Waals surface area contributed by atoms with Crippen LogP contribution >= 0.6 is 0 Å². The van der Waals surface area contributed by atoms with Gasteiger partial charge in [0, 0.05) is 40.5 Å². The molecule has 1 rings (SSSR count). The van der Waals surface area contributed by atoms with E-state index in [0.29, 0.717) is 6.10 Å². The Morgan fingerprint density at radius 2 is 1.63 bits per heavy atom. The molecule has 0 aromatic rings. The number of hydrogen-bond donors (Lipinski definition) is 1. The van der Waals surface area contributed by atoms with Crippen molar-refractivity contribution in [2.75, 3.05) is 66.8 Å². The molecule has 114 valence electrons. The Balaban J connectivity index is 2.11. The van der Waals surface area contributed by atoms with Gasteiger partial charge >= 0.3 is 0 Å². The maximum absolute atomic E-state index is 5.95. The first-order chi connectivity index (χ1) is 9.36. The van der Waals surface area contributed by atoms with Crippen LogP contribution in [0.15, 0.2) is 0 Å². The minimum Gasteiger partial charge on any atom is -0.385 e. The summed E-state index contributed by atoms with van der Waals surface area (Å²) < 4.78 is 16.2. The van der Waals surface area contributed by atoms with Crippen LogP contribution in [0.1, 0.15) is 19.3 Å². The number of piperidine rings is 1. The number of ether oxygens (including phenoxy) is 3. The quantitative estimate of drug-likeness (QED) is 0.563. The second-order valence-electron chi connectivity index (χ2n) is 5.00. The summed E-state index contributed by atoms with van der Waals surface area (Å²) in [5.41, 5.74) is 0. The van der Waals surface area contributed by atoms with Crippen molar-refractivity contribution in [3.05, 3.63) is 0 Å². The Hall–Kier alpha value is -0.200. The second kappa shape index (κ2) is 11.6. The maximum Gasteiger partial charge on any atom is 0.0600 e. The highest BCUT2D eigenvalue weighted by molar-refractivity contribution is 4.68. The molecule has 1 aliphatic rings. The molecule has 0 aliphatic carbocycles. The van der Waals surface area contributed by atoms with Crippen molar-refractivity contribution < 1.29 is 14.2 Å². The van der Waals surface area contributed by atoms with E-state index in [4.69, 9.17) is 14.2 Å². The number of hydrogen-bond acceptors (Lipinski definition) is 5. The predicted molar refractivity (Wildman–Crippen MR) is 76.7 cm³/mol. The molecule has 1 aliphatic heterocycles. The van der Waals surface area contributed by atoms with Crippen LogP contribution in [0, 0.1) is 0 Å². The van der Waals surface area contributed by atoms with Crippen LogP contribution in [-0.4, -0.2) is 77.8 Å². The third-order valence-electron chi connectivity index (χ3n) is 3.48. The van der Waals surface area contributed by atoms with E-state index in [0.717, 1.165) is 71.8 Å². The van der Waals surface area contributed by atoms with E-state index in [1.54, 1.807) is 14.2 Å². The molecule has 1 heterocycles. The minimum atomic E-state index is 0.449. The lowest BCUT2D eigenvalue weighted by atomic mass is 10.1. The molecule has 19 heavy (non-hydrogen) atoms. The third kappa shape index (κ3) is 8.55. The number of methoxy groups -OCH3 is 2. The van der Waals surface area contributed by atoms with Crippen molar-refractivity contribution in [3.63, 3.8) is 0 Å². The molecular formula is C14H30N2O3. The summed E-state index contributed by atoms with van der Waals surface area (Å²) in [5.74, 6) is 0. The zero-order valence-corrected chi connectivity index (χ0v) is 12.5. The molecule has 1 fully saturated rings. The van der Waals surface area contributed by atoms with Gasteiger partial charge in [-0.25, -0.2) is 0 Å². The van der Waals surface area contributed by atoms with Crippen molar-refractivity contribution >= 4 is 0 Å². The highest BCUT2D eigenvalue weighted by atomic mass is 16.5. The molecular weight excluding hydrogens is 244 g/mol. The number of nitrogens with one attached hydrogen (secondary N) is 1. The fourth-order valence-electron chi connectivity index (χ4n) is 2.30. The second-order valence-corrected chi connectivity index (χ2v) is 5.00. The maximum atomic E-state index is 5.95. The lowest BCUT2D eigenvalue weighted by Gasteiger charge is -2.26. The predicted octanol–water partition coefficient (Wildman–Crippen LogP) is 0.740. The molecule has 0 radical (unpaired) electrons. The summed E-state index contributed by atoms with van der Waals surface area (Å²) in [4.78, 5) is 2.39. The fraction of sp³-hybridized carbons (Fsp3) is 1.00. The largest absolute Gasteiger partial charge is 0.385 e. The molecule has 0 aromatic heterocycles. The lowest BCUT2D eigenvalue weighted by Crippen LogP contribution is -2.36. The first-order valence-electron chi connectivity index (χ1n) is 7.39. The number of nitrogens with zero attached hydrogens (tertiary/aromatic N) is 1. The average molecular weight is 274 g/mol. The Bertz CT molecular complexity index is 199. The van der Waals surface area contributed by atoms with Gasteiger partial charge in [-0.3, -0.25) is 4.90 Å². The van der Waals surface area contributed by atoms with Gasteiger partial charge in [0.1, 0.15) is 0 Å². The number of rotatable bonds is 11. The van der Waals surface area contributed by atoms with Crippen LogP contribution in [-0.2, 0) is 14.2 Å². The monoisotopic (exact) mass is 274 g/mol. The van der Waals surface area contributed by atoms with Gasteiger partial charge in [0.2, 0.25) is 0 Å². The average Bonchev–Trinajstić information content (AvgIpc) is 2.45. The summed E-state index contributed by atoms with van der Waals surface area (Å²) in [6.45, 7) is 7.59. The first kappa shape index (κ1) is 16.9. The van der Waals surface area contributed by atoms with E-state index in [-0.39, 0.29) is 0 Å². The van der Waals surface area contributed by atoms with Crippen LogP contribution in [0.4, 0.5) is 0 Å². The molecule has 1 N–H and O–H groups in total. The van der Waals surface area contributed by atoms with Gasteiger partial charge in [0.05, 0.1) is 19.3 Å². The lowest BCUT2D eigenvalue weighted by molar-refractivity contribution is 0.0159. The van der Waals surface area contributed by atoms with Gasteiger partial charge < -0.3 is 19.5 Å². The molecule has 0 aromatic carbocycles. The van der Waals surface area contributed by atoms with Crippen molar-refractivity contribution in [3.8, 4) is 0 Å². The van der Waals surface area contributed by atoms with Crippen LogP contribution < -0.4 is 5.32 Å². The topological polar surface area (TPSA) is 43.0 Å². The van der Waals surface area contributed by atoms with Crippen molar-refractivity contribution in [1.82, 2.24) is 10.2 Å². The van der Waals surface area contributed by atoms with Gasteiger partial charge in [0.15, 0.2) is 0 Å². The Kier molecular flexibility index (Phi) is 10.3. The van der Waals surface area contributed by atoms with Crippen LogP contribution in [0.2, 0.25) is 0 Å². The normalized spacial score (nSPS) is 17.2. The molecule has 0 spiro atoms. The Morgan fingerprint density at radius 3 is 2.32 bits per heavy atom. The van der Waals surface area contributed by atoms with Gasteiger partial charge in [-0.05, 0) is 32.4 Å². The van der Waals surface area contributed by atoms with Gasteiger partial charge in [-0.15, -0.1) is 0 Å². The van der Waals surface area contributed by atoms with Gasteiger partial charge in [-0.2, -0.15) is 0 Å². The van der Waals surface area contributed by atoms with Gasteiger partial charge in [-0.1, -0.05) is 0 Å². The summed E-state index contributed by atoms with van der Waals surface area (Å²) in [7, 11) is 3.50. The van der Waals surface area contributed by atoms with E-state index >= 15 is 0 Å². The van der Waals surface area contributed by atoms with E-state index in [9.17, 15) is 0 Å². The molecule has 0 bridgehead atoms. The highest BCUT2D eigenvalue weighted by Gasteiger charge is 2.13. The van der Waals surface area contributed by atoms with Crippen LogP contribution in [0.5, 0.6) is 0 Å².